The van der Waals surface area contributed by atoms with Gasteiger partial charge in [-0.2, -0.15) is 0 Å². The van der Waals surface area contributed by atoms with E-state index in [2.05, 4.69) is 59.5 Å². The molecule has 3 aromatic carbocycles. The largest absolute Gasteiger partial charge is 0.389 e. The number of hydrogen-bond acceptors (Lipinski definition) is 3. The van der Waals surface area contributed by atoms with Crippen LogP contribution in [0, 0.1) is 5.92 Å². The summed E-state index contributed by atoms with van der Waals surface area (Å²) in [5.74, 6) is 0.743. The molecule has 0 spiro atoms. The van der Waals surface area contributed by atoms with E-state index in [1.165, 1.54) is 18.4 Å². The number of ether oxygens (including phenoxy) is 1. The van der Waals surface area contributed by atoms with Gasteiger partial charge in [0.2, 0.25) is 0 Å². The lowest BCUT2D eigenvalue weighted by Gasteiger charge is -2.33. The van der Waals surface area contributed by atoms with Crippen molar-refractivity contribution in [2.45, 2.75) is 31.5 Å². The summed E-state index contributed by atoms with van der Waals surface area (Å²) in [5, 5.41) is 10.7. The Morgan fingerprint density at radius 1 is 0.774 bits per heavy atom. The standard InChI is InChI=1S/C28H33NO2/c30-27(21-29-18-16-24(17-19-29)20-23-10-4-1-5-11-23)22-31-28(25-12-6-2-7-13-25)26-14-8-3-9-15-26/h1-15,24,27-28,30H,16-22H2/t27-/m1/s1. The van der Waals surface area contributed by atoms with Gasteiger partial charge < -0.3 is 14.7 Å². The molecule has 1 heterocycles. The summed E-state index contributed by atoms with van der Waals surface area (Å²) in [6.45, 7) is 3.11. The third kappa shape index (κ3) is 6.51. The van der Waals surface area contributed by atoms with Crippen molar-refractivity contribution >= 4 is 0 Å². The SMILES string of the molecule is O[C@@H](COC(c1ccccc1)c1ccccc1)CN1CCC(Cc2ccccc2)CC1. The number of hydrogen-bond donors (Lipinski definition) is 1. The normalized spacial score (nSPS) is 16.5. The Morgan fingerprint density at radius 2 is 1.29 bits per heavy atom. The van der Waals surface area contributed by atoms with E-state index in [0.717, 1.165) is 36.6 Å². The Bertz CT molecular complexity index is 837. The van der Waals surface area contributed by atoms with Gasteiger partial charge in [-0.1, -0.05) is 91.0 Å². The quantitative estimate of drug-likeness (QED) is 0.527. The number of nitrogens with zero attached hydrogens (tertiary/aromatic N) is 1. The highest BCUT2D eigenvalue weighted by Gasteiger charge is 2.22. The first-order valence-electron chi connectivity index (χ1n) is 11.4. The number of aliphatic hydroxyl groups excluding tert-OH is 1. The minimum Gasteiger partial charge on any atom is -0.389 e. The van der Waals surface area contributed by atoms with Crippen LogP contribution in [0.4, 0.5) is 0 Å². The van der Waals surface area contributed by atoms with E-state index in [1.54, 1.807) is 0 Å². The number of rotatable bonds is 9. The van der Waals surface area contributed by atoms with E-state index >= 15 is 0 Å². The molecule has 3 heteroatoms. The molecule has 31 heavy (non-hydrogen) atoms. The van der Waals surface area contributed by atoms with Crippen LogP contribution in [0.3, 0.4) is 0 Å². The summed E-state index contributed by atoms with van der Waals surface area (Å²) < 4.78 is 6.24. The molecular weight excluding hydrogens is 382 g/mol. The molecule has 1 aliphatic heterocycles. The number of aliphatic hydroxyl groups is 1. The molecule has 0 unspecified atom stereocenters. The molecule has 162 valence electrons. The smallest absolute Gasteiger partial charge is 0.108 e. The number of piperidine rings is 1. The van der Waals surface area contributed by atoms with E-state index in [-0.39, 0.29) is 6.10 Å². The highest BCUT2D eigenvalue weighted by Crippen LogP contribution is 2.26. The molecule has 1 atom stereocenters. The highest BCUT2D eigenvalue weighted by molar-refractivity contribution is 5.29. The second-order valence-corrected chi connectivity index (χ2v) is 8.62. The lowest BCUT2D eigenvalue weighted by atomic mass is 9.90. The first kappa shape index (κ1) is 21.8. The predicted octanol–water partition coefficient (Wildman–Crippen LogP) is 5.11. The van der Waals surface area contributed by atoms with Crippen LogP contribution in [0.5, 0.6) is 0 Å². The first-order valence-corrected chi connectivity index (χ1v) is 11.4. The minimum atomic E-state index is -0.486. The fourth-order valence-electron chi connectivity index (χ4n) is 4.52. The van der Waals surface area contributed by atoms with Crippen LogP contribution in [0.2, 0.25) is 0 Å². The van der Waals surface area contributed by atoms with Crippen molar-refractivity contribution < 1.29 is 9.84 Å². The van der Waals surface area contributed by atoms with Crippen molar-refractivity contribution in [3.05, 3.63) is 108 Å². The molecule has 1 aliphatic rings. The van der Waals surface area contributed by atoms with Crippen molar-refractivity contribution in [2.75, 3.05) is 26.2 Å². The van der Waals surface area contributed by atoms with Gasteiger partial charge in [-0.3, -0.25) is 0 Å². The molecule has 4 rings (SSSR count). The average molecular weight is 416 g/mol. The fourth-order valence-corrected chi connectivity index (χ4v) is 4.52. The van der Waals surface area contributed by atoms with Crippen molar-refractivity contribution in [1.29, 1.82) is 0 Å². The zero-order valence-electron chi connectivity index (χ0n) is 18.1. The summed E-state index contributed by atoms with van der Waals surface area (Å²) in [4.78, 5) is 2.38. The number of benzene rings is 3. The molecule has 0 radical (unpaired) electrons. The summed E-state index contributed by atoms with van der Waals surface area (Å²) >= 11 is 0. The van der Waals surface area contributed by atoms with Gasteiger partial charge in [0.1, 0.15) is 6.10 Å². The summed E-state index contributed by atoms with van der Waals surface area (Å²) in [7, 11) is 0. The van der Waals surface area contributed by atoms with Gasteiger partial charge in [-0.15, -0.1) is 0 Å². The fraction of sp³-hybridized carbons (Fsp3) is 0.357. The van der Waals surface area contributed by atoms with Gasteiger partial charge in [0.05, 0.1) is 12.7 Å². The van der Waals surface area contributed by atoms with Gasteiger partial charge in [-0.25, -0.2) is 0 Å². The molecule has 0 amide bonds. The second-order valence-electron chi connectivity index (χ2n) is 8.62. The maximum atomic E-state index is 10.7. The molecule has 0 aromatic heterocycles. The molecule has 1 N–H and O–H groups in total. The Kier molecular flexibility index (Phi) is 7.89. The van der Waals surface area contributed by atoms with Crippen LogP contribution in [0.1, 0.15) is 35.6 Å². The van der Waals surface area contributed by atoms with E-state index in [9.17, 15) is 5.11 Å². The Morgan fingerprint density at radius 3 is 1.84 bits per heavy atom. The molecule has 0 saturated carbocycles. The molecule has 1 saturated heterocycles. The maximum absolute atomic E-state index is 10.7. The minimum absolute atomic E-state index is 0.159. The third-order valence-corrected chi connectivity index (χ3v) is 6.20. The molecule has 0 aliphatic carbocycles. The van der Waals surface area contributed by atoms with Crippen molar-refractivity contribution in [3.8, 4) is 0 Å². The number of likely N-dealkylation sites (tertiary alicyclic amines) is 1. The maximum Gasteiger partial charge on any atom is 0.108 e. The number of β-amino-alcohol motifs (C(OH)–C–C–N with tert-alkyl or cyclic N) is 1. The zero-order chi connectivity index (χ0) is 21.3. The molecule has 1 fully saturated rings. The van der Waals surface area contributed by atoms with Crippen LogP contribution >= 0.6 is 0 Å². The Labute approximate surface area is 186 Å². The Balaban J connectivity index is 1.26. The summed E-state index contributed by atoms with van der Waals surface area (Å²) in [5.41, 5.74) is 3.66. The van der Waals surface area contributed by atoms with E-state index < -0.39 is 6.10 Å². The topological polar surface area (TPSA) is 32.7 Å². The van der Waals surface area contributed by atoms with Gasteiger partial charge in [0.25, 0.3) is 0 Å². The van der Waals surface area contributed by atoms with Crippen LogP contribution < -0.4 is 0 Å². The van der Waals surface area contributed by atoms with Gasteiger partial charge in [-0.05, 0) is 55.0 Å². The second kappa shape index (κ2) is 11.2. The highest BCUT2D eigenvalue weighted by atomic mass is 16.5. The van der Waals surface area contributed by atoms with Crippen LogP contribution in [-0.4, -0.2) is 42.4 Å². The van der Waals surface area contributed by atoms with E-state index in [4.69, 9.17) is 4.74 Å². The van der Waals surface area contributed by atoms with Crippen molar-refractivity contribution in [1.82, 2.24) is 4.90 Å². The molecular formula is C28H33NO2. The monoisotopic (exact) mass is 415 g/mol. The van der Waals surface area contributed by atoms with Crippen molar-refractivity contribution in [3.63, 3.8) is 0 Å². The van der Waals surface area contributed by atoms with E-state index in [1.807, 2.05) is 36.4 Å². The van der Waals surface area contributed by atoms with Gasteiger partial charge >= 0.3 is 0 Å². The molecule has 0 bridgehead atoms. The Hall–Kier alpha value is -2.46. The van der Waals surface area contributed by atoms with Crippen molar-refractivity contribution in [2.24, 2.45) is 5.92 Å². The first-order chi connectivity index (χ1) is 15.3. The van der Waals surface area contributed by atoms with Crippen LogP contribution in [0.15, 0.2) is 91.0 Å². The lowest BCUT2D eigenvalue weighted by Crippen LogP contribution is -2.40. The van der Waals surface area contributed by atoms with Gasteiger partial charge in [0, 0.05) is 6.54 Å². The van der Waals surface area contributed by atoms with Gasteiger partial charge in [0.15, 0.2) is 0 Å². The summed E-state index contributed by atoms with van der Waals surface area (Å²) in [6, 6.07) is 31.3. The lowest BCUT2D eigenvalue weighted by molar-refractivity contribution is -0.0123. The zero-order valence-corrected chi connectivity index (χ0v) is 18.1. The average Bonchev–Trinajstić information content (AvgIpc) is 2.83. The molecule has 3 nitrogen and oxygen atoms in total. The third-order valence-electron chi connectivity index (χ3n) is 6.20. The van der Waals surface area contributed by atoms with Crippen LogP contribution in [-0.2, 0) is 11.2 Å². The van der Waals surface area contributed by atoms with E-state index in [0.29, 0.717) is 13.2 Å². The summed E-state index contributed by atoms with van der Waals surface area (Å²) in [6.07, 6.45) is 2.91. The molecule has 3 aromatic rings. The van der Waals surface area contributed by atoms with Crippen LogP contribution in [0.25, 0.3) is 0 Å². The predicted molar refractivity (Wildman–Crippen MR) is 126 cm³/mol.